The molecule has 2 fully saturated rings. The van der Waals surface area contributed by atoms with E-state index in [0.29, 0.717) is 48.7 Å². The van der Waals surface area contributed by atoms with Crippen LogP contribution in [0.2, 0.25) is 0 Å². The van der Waals surface area contributed by atoms with Crippen molar-refractivity contribution in [2.75, 3.05) is 50.6 Å². The minimum absolute atomic E-state index is 0.117. The maximum atomic E-state index is 14.0. The molecule has 7 nitrogen and oxygen atoms in total. The van der Waals surface area contributed by atoms with Crippen LogP contribution >= 0.6 is 0 Å². The van der Waals surface area contributed by atoms with Crippen LogP contribution in [0.3, 0.4) is 0 Å². The second-order valence-corrected chi connectivity index (χ2v) is 8.87. The third-order valence-electron chi connectivity index (χ3n) is 6.66. The Morgan fingerprint density at radius 2 is 1.56 bits per heavy atom. The Labute approximate surface area is 199 Å². The van der Waals surface area contributed by atoms with E-state index in [1.54, 1.807) is 43.4 Å². The number of ether oxygens (including phenoxy) is 2. The molecule has 0 saturated carbocycles. The number of carbonyl (C=O) groups excluding carboxylic acids is 2. The number of methoxy groups -OCH3 is 2. The zero-order valence-electron chi connectivity index (χ0n) is 19.8. The predicted octanol–water partition coefficient (Wildman–Crippen LogP) is 4.32. The van der Waals surface area contributed by atoms with Gasteiger partial charge in [-0.25, -0.2) is 4.39 Å². The molecule has 0 spiro atoms. The standard InChI is InChI=1S/C26H32FN3O4/c1-33-21-14-19(15-22(17-21)34-2)26(32)30-12-8-18(9-13-30)25(31)28-23-16-20(27)6-7-24(23)29-10-4-3-5-11-29/h6-7,14-18H,3-5,8-13H2,1-2H3,(H,28,31). The number of piperidine rings is 2. The van der Waals surface area contributed by atoms with Crippen molar-refractivity contribution < 1.29 is 23.5 Å². The fraction of sp³-hybridized carbons (Fsp3) is 0.462. The molecule has 0 aromatic heterocycles. The maximum absolute atomic E-state index is 14.0. The molecule has 2 aliphatic rings. The molecule has 2 aromatic carbocycles. The first kappa shape index (κ1) is 23.9. The summed E-state index contributed by atoms with van der Waals surface area (Å²) in [6.07, 6.45) is 4.48. The second kappa shape index (κ2) is 10.8. The Morgan fingerprint density at radius 1 is 0.912 bits per heavy atom. The van der Waals surface area contributed by atoms with Gasteiger partial charge in [-0.2, -0.15) is 0 Å². The predicted molar refractivity (Wildman–Crippen MR) is 129 cm³/mol. The molecule has 1 N–H and O–H groups in total. The Morgan fingerprint density at radius 3 is 2.18 bits per heavy atom. The summed E-state index contributed by atoms with van der Waals surface area (Å²) < 4.78 is 24.5. The normalized spacial score (nSPS) is 16.8. The number of nitrogens with zero attached hydrogens (tertiary/aromatic N) is 2. The van der Waals surface area contributed by atoms with Crippen molar-refractivity contribution in [3.63, 3.8) is 0 Å². The van der Waals surface area contributed by atoms with Gasteiger partial charge in [-0.1, -0.05) is 0 Å². The van der Waals surface area contributed by atoms with E-state index in [-0.39, 0.29) is 23.5 Å². The van der Waals surface area contributed by atoms with Crippen LogP contribution in [-0.4, -0.2) is 57.1 Å². The molecule has 0 bridgehead atoms. The van der Waals surface area contributed by atoms with Crippen molar-refractivity contribution >= 4 is 23.2 Å². The van der Waals surface area contributed by atoms with Crippen molar-refractivity contribution in [3.8, 4) is 11.5 Å². The van der Waals surface area contributed by atoms with E-state index < -0.39 is 0 Å². The Hall–Kier alpha value is -3.29. The molecule has 2 aliphatic heterocycles. The summed E-state index contributed by atoms with van der Waals surface area (Å²) in [4.78, 5) is 30.0. The third kappa shape index (κ3) is 5.43. The number of benzene rings is 2. The highest BCUT2D eigenvalue weighted by molar-refractivity contribution is 5.97. The molecule has 0 atom stereocenters. The number of carbonyl (C=O) groups is 2. The van der Waals surface area contributed by atoms with Crippen LogP contribution in [-0.2, 0) is 4.79 Å². The average Bonchev–Trinajstić information content (AvgIpc) is 2.88. The zero-order valence-corrected chi connectivity index (χ0v) is 19.8. The first-order valence-corrected chi connectivity index (χ1v) is 11.9. The fourth-order valence-corrected chi connectivity index (χ4v) is 4.71. The van der Waals surface area contributed by atoms with E-state index in [9.17, 15) is 14.0 Å². The van der Waals surface area contributed by atoms with Crippen LogP contribution < -0.4 is 19.7 Å². The molecule has 34 heavy (non-hydrogen) atoms. The zero-order chi connectivity index (χ0) is 24.1. The highest BCUT2D eigenvalue weighted by Gasteiger charge is 2.29. The van der Waals surface area contributed by atoms with E-state index in [1.807, 2.05) is 0 Å². The number of rotatable bonds is 6. The number of anilines is 2. The lowest BCUT2D eigenvalue weighted by molar-refractivity contribution is -0.121. The van der Waals surface area contributed by atoms with E-state index in [1.165, 1.54) is 18.6 Å². The van der Waals surface area contributed by atoms with Gasteiger partial charge in [0.25, 0.3) is 5.91 Å². The highest BCUT2D eigenvalue weighted by atomic mass is 19.1. The summed E-state index contributed by atoms with van der Waals surface area (Å²) in [5, 5.41) is 2.97. The molecule has 2 saturated heterocycles. The van der Waals surface area contributed by atoms with E-state index in [4.69, 9.17) is 9.47 Å². The molecule has 4 rings (SSSR count). The lowest BCUT2D eigenvalue weighted by Crippen LogP contribution is -2.41. The second-order valence-electron chi connectivity index (χ2n) is 8.87. The van der Waals surface area contributed by atoms with Crippen LogP contribution in [0.15, 0.2) is 36.4 Å². The van der Waals surface area contributed by atoms with Crippen LogP contribution in [0.5, 0.6) is 11.5 Å². The largest absolute Gasteiger partial charge is 0.497 e. The monoisotopic (exact) mass is 469 g/mol. The van der Waals surface area contributed by atoms with Crippen molar-refractivity contribution in [3.05, 3.63) is 47.8 Å². The number of likely N-dealkylation sites (tertiary alicyclic amines) is 1. The number of nitrogens with one attached hydrogen (secondary N) is 1. The van der Waals surface area contributed by atoms with Gasteiger partial charge in [0.15, 0.2) is 0 Å². The number of halogens is 1. The summed E-state index contributed by atoms with van der Waals surface area (Å²) in [7, 11) is 3.09. The molecule has 2 heterocycles. The minimum atomic E-state index is -0.370. The maximum Gasteiger partial charge on any atom is 0.254 e. The Kier molecular flexibility index (Phi) is 7.55. The molecular formula is C26H32FN3O4. The SMILES string of the molecule is COc1cc(OC)cc(C(=O)N2CCC(C(=O)Nc3cc(F)ccc3N3CCCCC3)CC2)c1. The lowest BCUT2D eigenvalue weighted by Gasteiger charge is -2.33. The van der Waals surface area contributed by atoms with Gasteiger partial charge in [-0.3, -0.25) is 9.59 Å². The van der Waals surface area contributed by atoms with Crippen LogP contribution in [0.25, 0.3) is 0 Å². The average molecular weight is 470 g/mol. The quantitative estimate of drug-likeness (QED) is 0.682. The van der Waals surface area contributed by atoms with Crippen molar-refractivity contribution in [1.82, 2.24) is 4.90 Å². The molecule has 0 aliphatic carbocycles. The van der Waals surface area contributed by atoms with E-state index in [2.05, 4.69) is 10.2 Å². The smallest absolute Gasteiger partial charge is 0.254 e. The molecule has 0 unspecified atom stereocenters. The minimum Gasteiger partial charge on any atom is -0.497 e. The lowest BCUT2D eigenvalue weighted by atomic mass is 9.95. The van der Waals surface area contributed by atoms with E-state index >= 15 is 0 Å². The van der Waals surface area contributed by atoms with Gasteiger partial charge in [-0.15, -0.1) is 0 Å². The van der Waals surface area contributed by atoms with Gasteiger partial charge < -0.3 is 24.6 Å². The van der Waals surface area contributed by atoms with Crippen molar-refractivity contribution in [1.29, 1.82) is 0 Å². The van der Waals surface area contributed by atoms with Gasteiger partial charge in [0.1, 0.15) is 17.3 Å². The molecule has 2 aromatic rings. The first-order valence-electron chi connectivity index (χ1n) is 11.9. The molecule has 182 valence electrons. The summed E-state index contributed by atoms with van der Waals surface area (Å²) in [5.74, 6) is 0.257. The van der Waals surface area contributed by atoms with Crippen molar-refractivity contribution in [2.24, 2.45) is 5.92 Å². The van der Waals surface area contributed by atoms with Gasteiger partial charge in [0, 0.05) is 43.7 Å². The van der Waals surface area contributed by atoms with Gasteiger partial charge >= 0.3 is 0 Å². The Bertz CT molecular complexity index is 1010. The number of hydrogen-bond donors (Lipinski definition) is 1. The molecule has 8 heteroatoms. The summed E-state index contributed by atoms with van der Waals surface area (Å²) >= 11 is 0. The van der Waals surface area contributed by atoms with Gasteiger partial charge in [0.05, 0.1) is 25.6 Å². The third-order valence-corrected chi connectivity index (χ3v) is 6.66. The Balaban J connectivity index is 1.39. The van der Waals surface area contributed by atoms with Gasteiger partial charge in [-0.05, 0) is 62.4 Å². The highest BCUT2D eigenvalue weighted by Crippen LogP contribution is 2.31. The molecule has 2 amide bonds. The van der Waals surface area contributed by atoms with E-state index in [0.717, 1.165) is 31.6 Å². The molecular weight excluding hydrogens is 437 g/mol. The van der Waals surface area contributed by atoms with Crippen LogP contribution in [0.4, 0.5) is 15.8 Å². The topological polar surface area (TPSA) is 71.1 Å². The summed E-state index contributed by atoms with van der Waals surface area (Å²) in [6, 6.07) is 9.69. The van der Waals surface area contributed by atoms with Crippen LogP contribution in [0, 0.1) is 11.7 Å². The number of amides is 2. The van der Waals surface area contributed by atoms with Crippen LogP contribution in [0.1, 0.15) is 42.5 Å². The van der Waals surface area contributed by atoms with Crippen molar-refractivity contribution in [2.45, 2.75) is 32.1 Å². The summed E-state index contributed by atoms with van der Waals surface area (Å²) in [5.41, 5.74) is 1.88. The molecule has 0 radical (unpaired) electrons. The summed E-state index contributed by atoms with van der Waals surface area (Å²) in [6.45, 7) is 2.76. The number of hydrogen-bond acceptors (Lipinski definition) is 5. The van der Waals surface area contributed by atoms with Gasteiger partial charge in [0.2, 0.25) is 5.91 Å². The fourth-order valence-electron chi connectivity index (χ4n) is 4.71. The first-order chi connectivity index (χ1) is 16.5.